The maximum Gasteiger partial charge on any atom is 1.00 e. The SMILES string of the molecule is COC(=O)N1CCc2c(oc3cc(/C=C4/C(=O)N5C(C(=O)[O-])=CCC45)nn23)C1.[Na+]. The second kappa shape index (κ2) is 7.05. The molecule has 0 saturated carbocycles. The number of β-lactam (4-membered cyclic amide) rings is 1. The van der Waals surface area contributed by atoms with Gasteiger partial charge in [0.1, 0.15) is 5.76 Å². The summed E-state index contributed by atoms with van der Waals surface area (Å²) < 4.78 is 12.2. The molecule has 0 spiro atoms. The molecular formula is C18H15N4NaO6. The average molecular weight is 406 g/mol. The van der Waals surface area contributed by atoms with Gasteiger partial charge in [0.05, 0.1) is 42.8 Å². The van der Waals surface area contributed by atoms with Crippen LogP contribution in [0.4, 0.5) is 4.79 Å². The quantitative estimate of drug-likeness (QED) is 0.291. The Bertz CT molecular complexity index is 1110. The minimum absolute atomic E-state index is 0. The molecule has 29 heavy (non-hydrogen) atoms. The minimum atomic E-state index is -1.35. The molecule has 0 N–H and O–H groups in total. The molecule has 1 atom stereocenters. The van der Waals surface area contributed by atoms with Crippen molar-refractivity contribution in [2.45, 2.75) is 25.4 Å². The van der Waals surface area contributed by atoms with Crippen molar-refractivity contribution in [3.8, 4) is 0 Å². The van der Waals surface area contributed by atoms with Gasteiger partial charge in [0.25, 0.3) is 5.91 Å². The van der Waals surface area contributed by atoms with E-state index in [1.54, 1.807) is 21.6 Å². The molecule has 0 aromatic carbocycles. The van der Waals surface area contributed by atoms with E-state index in [1.165, 1.54) is 18.1 Å². The van der Waals surface area contributed by atoms with E-state index in [0.29, 0.717) is 48.7 Å². The third-order valence-electron chi connectivity index (χ3n) is 5.33. The van der Waals surface area contributed by atoms with Crippen molar-refractivity contribution in [1.29, 1.82) is 0 Å². The number of hydrogen-bond donors (Lipinski definition) is 0. The molecule has 3 aliphatic heterocycles. The average Bonchev–Trinajstić information content (AvgIpc) is 3.35. The molecule has 5 rings (SSSR count). The summed E-state index contributed by atoms with van der Waals surface area (Å²) in [5.74, 6) is -1.04. The van der Waals surface area contributed by atoms with Crippen LogP contribution in [0.5, 0.6) is 0 Å². The number of nitrogens with zero attached hydrogens (tertiary/aromatic N) is 4. The first-order chi connectivity index (χ1) is 13.5. The summed E-state index contributed by atoms with van der Waals surface area (Å²) >= 11 is 0. The largest absolute Gasteiger partial charge is 1.00 e. The molecule has 0 bridgehead atoms. The number of ether oxygens (including phenoxy) is 1. The maximum absolute atomic E-state index is 12.3. The standard InChI is InChI=1S/C18H16N4O6.Na/c1-27-18(26)20-5-4-12-14(8-20)28-15-7-9(19-22(12)15)6-10-11-2-3-13(17(24)25)21(11)16(10)23;/h3,6-7,11H,2,4-5,8H2,1H3,(H,24,25);/q;+1/p-1/b10-6+;. The molecule has 2 aromatic heterocycles. The fourth-order valence-electron chi connectivity index (χ4n) is 3.99. The van der Waals surface area contributed by atoms with Crippen LogP contribution in [0.3, 0.4) is 0 Å². The molecule has 1 unspecified atom stereocenters. The zero-order valence-corrected chi connectivity index (χ0v) is 17.9. The fraction of sp³-hybridized carbons (Fsp3) is 0.333. The molecule has 0 radical (unpaired) electrons. The number of fused-ring (bicyclic) bond motifs is 4. The Morgan fingerprint density at radius 3 is 2.93 bits per heavy atom. The molecule has 3 aliphatic rings. The number of carboxylic acids is 1. The molecule has 10 nitrogen and oxygen atoms in total. The number of amides is 2. The molecule has 1 saturated heterocycles. The Kier molecular flexibility index (Phi) is 4.80. The smallest absolute Gasteiger partial charge is 0.543 e. The third kappa shape index (κ3) is 2.90. The van der Waals surface area contributed by atoms with E-state index in [-0.39, 0.29) is 47.2 Å². The summed E-state index contributed by atoms with van der Waals surface area (Å²) in [7, 11) is 1.34. The molecule has 2 amide bonds. The predicted octanol–water partition coefficient (Wildman–Crippen LogP) is -3.31. The Morgan fingerprint density at radius 2 is 2.21 bits per heavy atom. The number of hydrogen-bond acceptors (Lipinski definition) is 7. The molecular weight excluding hydrogens is 391 g/mol. The van der Waals surface area contributed by atoms with Crippen molar-refractivity contribution in [1.82, 2.24) is 19.4 Å². The van der Waals surface area contributed by atoms with E-state index in [4.69, 9.17) is 9.15 Å². The predicted molar refractivity (Wildman–Crippen MR) is 90.3 cm³/mol. The van der Waals surface area contributed by atoms with Crippen LogP contribution < -0.4 is 34.7 Å². The molecule has 1 fully saturated rings. The van der Waals surface area contributed by atoms with E-state index in [1.807, 2.05) is 0 Å². The third-order valence-corrected chi connectivity index (χ3v) is 5.33. The maximum atomic E-state index is 12.3. The Labute approximate surface area is 186 Å². The number of oxazole rings is 1. The van der Waals surface area contributed by atoms with Gasteiger partial charge >= 0.3 is 35.7 Å². The summed E-state index contributed by atoms with van der Waals surface area (Å²) in [5, 5.41) is 15.5. The van der Waals surface area contributed by atoms with E-state index in [0.717, 1.165) is 5.69 Å². The van der Waals surface area contributed by atoms with Crippen LogP contribution in [0.25, 0.3) is 11.8 Å². The first-order valence-corrected chi connectivity index (χ1v) is 8.78. The van der Waals surface area contributed by atoms with Gasteiger partial charge in [0.15, 0.2) is 0 Å². The van der Waals surface area contributed by atoms with Gasteiger partial charge < -0.3 is 24.0 Å². The van der Waals surface area contributed by atoms with Crippen molar-refractivity contribution < 1.29 is 58.2 Å². The number of methoxy groups -OCH3 is 1. The van der Waals surface area contributed by atoms with Crippen LogP contribution in [-0.2, 0) is 27.3 Å². The fourth-order valence-corrected chi connectivity index (χ4v) is 3.99. The van der Waals surface area contributed by atoms with Gasteiger partial charge in [-0.2, -0.15) is 5.10 Å². The van der Waals surface area contributed by atoms with E-state index < -0.39 is 12.1 Å². The molecule has 2 aromatic rings. The van der Waals surface area contributed by atoms with Gasteiger partial charge in [-0.05, 0) is 12.5 Å². The summed E-state index contributed by atoms with van der Waals surface area (Å²) in [6.07, 6.45) is 3.78. The van der Waals surface area contributed by atoms with Crippen molar-refractivity contribution >= 4 is 29.8 Å². The number of aromatic nitrogens is 2. The van der Waals surface area contributed by atoms with E-state index in [9.17, 15) is 19.5 Å². The van der Waals surface area contributed by atoms with Crippen molar-refractivity contribution in [2.75, 3.05) is 13.7 Å². The first kappa shape index (κ1) is 19.7. The van der Waals surface area contributed by atoms with Crippen molar-refractivity contribution in [3.63, 3.8) is 0 Å². The number of rotatable bonds is 2. The van der Waals surface area contributed by atoms with Crippen molar-refractivity contribution in [3.05, 3.63) is 40.6 Å². The van der Waals surface area contributed by atoms with Gasteiger partial charge in [-0.3, -0.25) is 9.69 Å². The van der Waals surface area contributed by atoms with Crippen LogP contribution in [0.1, 0.15) is 23.6 Å². The second-order valence-corrected chi connectivity index (χ2v) is 6.84. The summed E-state index contributed by atoms with van der Waals surface area (Å²) in [4.78, 5) is 37.8. The molecule has 0 aliphatic carbocycles. The molecule has 5 heterocycles. The van der Waals surface area contributed by atoms with Crippen LogP contribution in [0.2, 0.25) is 0 Å². The monoisotopic (exact) mass is 406 g/mol. The van der Waals surface area contributed by atoms with Crippen molar-refractivity contribution in [2.24, 2.45) is 0 Å². The summed E-state index contributed by atoms with van der Waals surface area (Å²) in [5.41, 5.74) is 2.39. The van der Waals surface area contributed by atoms with Gasteiger partial charge in [-0.15, -0.1) is 0 Å². The van der Waals surface area contributed by atoms with Crippen LogP contribution in [0, 0.1) is 0 Å². The topological polar surface area (TPSA) is 120 Å². The normalized spacial score (nSPS) is 21.4. The number of carboxylic acid groups (broad SMARTS) is 1. The molecule has 144 valence electrons. The molecule has 11 heteroatoms. The number of carbonyl (C=O) groups is 3. The first-order valence-electron chi connectivity index (χ1n) is 8.78. The summed E-state index contributed by atoms with van der Waals surface area (Å²) in [6.45, 7) is 0.812. The van der Waals surface area contributed by atoms with Gasteiger partial charge in [0.2, 0.25) is 5.71 Å². The van der Waals surface area contributed by atoms with Gasteiger partial charge in [-0.1, -0.05) is 6.08 Å². The number of aliphatic carboxylic acids is 1. The van der Waals surface area contributed by atoms with Crippen LogP contribution in [-0.4, -0.2) is 57.1 Å². The minimum Gasteiger partial charge on any atom is -0.543 e. The van der Waals surface area contributed by atoms with Gasteiger partial charge in [-0.25, -0.2) is 9.31 Å². The zero-order valence-electron chi connectivity index (χ0n) is 15.9. The zero-order chi connectivity index (χ0) is 19.6. The van der Waals surface area contributed by atoms with Crippen LogP contribution in [0.15, 0.2) is 27.8 Å². The summed E-state index contributed by atoms with van der Waals surface area (Å²) in [6, 6.07) is 1.43. The second-order valence-electron chi connectivity index (χ2n) is 6.84. The van der Waals surface area contributed by atoms with E-state index in [2.05, 4.69) is 5.10 Å². The number of carbonyl (C=O) groups excluding carboxylic acids is 3. The van der Waals surface area contributed by atoms with Crippen LogP contribution >= 0.6 is 0 Å². The van der Waals surface area contributed by atoms with E-state index >= 15 is 0 Å². The Hall–Kier alpha value is -2.56. The Morgan fingerprint density at radius 1 is 1.41 bits per heavy atom. The Balaban J connectivity index is 0.00000205. The van der Waals surface area contributed by atoms with Gasteiger partial charge in [0, 0.05) is 24.6 Å².